The van der Waals surface area contributed by atoms with Crippen LogP contribution in [0.25, 0.3) is 0 Å². The Morgan fingerprint density at radius 1 is 1.53 bits per heavy atom. The molecule has 1 atom stereocenters. The van der Waals surface area contributed by atoms with Crippen LogP contribution in [-0.4, -0.2) is 47.3 Å². The molecule has 0 aromatic rings. The first-order chi connectivity index (χ1) is 8.24. The quantitative estimate of drug-likeness (QED) is 0.419. The number of rotatable bonds is 8. The molecule has 1 heterocycles. The minimum absolute atomic E-state index is 0.00750. The van der Waals surface area contributed by atoms with Crippen LogP contribution in [0.15, 0.2) is 0 Å². The molecule has 1 aliphatic heterocycles. The van der Waals surface area contributed by atoms with Gasteiger partial charge in [-0.3, -0.25) is 9.63 Å². The lowest BCUT2D eigenvalue weighted by molar-refractivity contribution is -0.180. The van der Waals surface area contributed by atoms with Gasteiger partial charge in [-0.05, 0) is 19.3 Å². The van der Waals surface area contributed by atoms with Crippen LogP contribution in [0.4, 0.5) is 0 Å². The largest absolute Gasteiger partial charge is 0.394 e. The molecule has 0 spiro atoms. The SMILES string of the molecule is CN(OCCO)C(=O)CCCC[C@@H]1CCSS1. The van der Waals surface area contributed by atoms with Crippen molar-refractivity contribution in [2.45, 2.75) is 37.4 Å². The fourth-order valence-corrected chi connectivity index (χ4v) is 4.65. The van der Waals surface area contributed by atoms with Crippen molar-refractivity contribution < 1.29 is 14.7 Å². The summed E-state index contributed by atoms with van der Waals surface area (Å²) in [5.74, 6) is 1.26. The van der Waals surface area contributed by atoms with Crippen molar-refractivity contribution in [1.29, 1.82) is 0 Å². The van der Waals surface area contributed by atoms with Crippen molar-refractivity contribution in [2.75, 3.05) is 26.0 Å². The number of hydrogen-bond donors (Lipinski definition) is 1. The van der Waals surface area contributed by atoms with Crippen LogP contribution in [-0.2, 0) is 9.63 Å². The predicted molar refractivity (Wildman–Crippen MR) is 72.7 cm³/mol. The van der Waals surface area contributed by atoms with Crippen molar-refractivity contribution in [3.05, 3.63) is 0 Å². The number of carbonyl (C=O) groups is 1. The summed E-state index contributed by atoms with van der Waals surface area (Å²) in [6.07, 6.45) is 5.09. The van der Waals surface area contributed by atoms with Gasteiger partial charge in [0.1, 0.15) is 0 Å². The van der Waals surface area contributed by atoms with Crippen LogP contribution in [0.5, 0.6) is 0 Å². The normalized spacial score (nSPS) is 19.5. The molecule has 1 N–H and O–H groups in total. The Kier molecular flexibility index (Phi) is 8.09. The smallest absolute Gasteiger partial charge is 0.245 e. The van der Waals surface area contributed by atoms with E-state index in [9.17, 15) is 4.79 Å². The summed E-state index contributed by atoms with van der Waals surface area (Å²) in [5, 5.41) is 10.6. The minimum Gasteiger partial charge on any atom is -0.394 e. The maximum absolute atomic E-state index is 11.6. The number of unbranched alkanes of at least 4 members (excludes halogenated alkanes) is 1. The van der Waals surface area contributed by atoms with Crippen LogP contribution in [0.1, 0.15) is 32.1 Å². The Morgan fingerprint density at radius 3 is 3.00 bits per heavy atom. The lowest BCUT2D eigenvalue weighted by Crippen LogP contribution is -2.27. The lowest BCUT2D eigenvalue weighted by atomic mass is 10.1. The van der Waals surface area contributed by atoms with Crippen LogP contribution in [0, 0.1) is 0 Å². The molecule has 1 saturated heterocycles. The second-order valence-electron chi connectivity index (χ2n) is 4.02. The van der Waals surface area contributed by atoms with Crippen molar-refractivity contribution in [3.63, 3.8) is 0 Å². The van der Waals surface area contributed by atoms with E-state index in [0.717, 1.165) is 18.1 Å². The summed E-state index contributed by atoms with van der Waals surface area (Å²) in [6, 6.07) is 0. The summed E-state index contributed by atoms with van der Waals surface area (Å²) in [7, 11) is 5.54. The summed E-state index contributed by atoms with van der Waals surface area (Å²) >= 11 is 0. The van der Waals surface area contributed by atoms with Crippen molar-refractivity contribution in [3.8, 4) is 0 Å². The van der Waals surface area contributed by atoms with Gasteiger partial charge >= 0.3 is 0 Å². The molecular weight excluding hydrogens is 258 g/mol. The first kappa shape index (κ1) is 15.1. The molecule has 0 aromatic heterocycles. The van der Waals surface area contributed by atoms with Gasteiger partial charge in [0, 0.05) is 24.5 Å². The molecule has 17 heavy (non-hydrogen) atoms. The molecule has 0 radical (unpaired) electrons. The Bertz CT molecular complexity index is 223. The highest BCUT2D eigenvalue weighted by molar-refractivity contribution is 8.77. The summed E-state index contributed by atoms with van der Waals surface area (Å²) in [6.45, 7) is 0.117. The van der Waals surface area contributed by atoms with E-state index in [4.69, 9.17) is 9.94 Å². The fourth-order valence-electron chi connectivity index (χ4n) is 1.62. The molecule has 0 saturated carbocycles. The maximum Gasteiger partial charge on any atom is 0.245 e. The topological polar surface area (TPSA) is 49.8 Å². The summed E-state index contributed by atoms with van der Waals surface area (Å²) < 4.78 is 0. The zero-order valence-electron chi connectivity index (χ0n) is 10.3. The fraction of sp³-hybridized carbons (Fsp3) is 0.909. The van der Waals surface area contributed by atoms with Crippen LogP contribution >= 0.6 is 21.6 Å². The zero-order valence-corrected chi connectivity index (χ0v) is 11.9. The van der Waals surface area contributed by atoms with E-state index in [1.807, 2.05) is 21.6 Å². The number of nitrogens with zero attached hydrogens (tertiary/aromatic N) is 1. The highest BCUT2D eigenvalue weighted by Crippen LogP contribution is 2.39. The molecule has 1 aliphatic rings. The molecule has 0 aliphatic carbocycles. The number of carbonyl (C=O) groups excluding carboxylic acids is 1. The lowest BCUT2D eigenvalue weighted by Gasteiger charge is -2.16. The predicted octanol–water partition coefficient (Wildman–Crippen LogP) is 2.08. The van der Waals surface area contributed by atoms with Gasteiger partial charge in [-0.25, -0.2) is 5.06 Å². The van der Waals surface area contributed by atoms with E-state index in [1.54, 1.807) is 7.05 Å². The number of aliphatic hydroxyl groups is 1. The molecule has 0 bridgehead atoms. The van der Waals surface area contributed by atoms with Crippen LogP contribution in [0.2, 0.25) is 0 Å². The third-order valence-corrected chi connectivity index (χ3v) is 5.63. The number of aliphatic hydroxyl groups excluding tert-OH is 1. The first-order valence-electron chi connectivity index (χ1n) is 6.02. The Morgan fingerprint density at radius 2 is 2.35 bits per heavy atom. The molecule has 1 fully saturated rings. The monoisotopic (exact) mass is 279 g/mol. The van der Waals surface area contributed by atoms with E-state index in [-0.39, 0.29) is 19.1 Å². The molecule has 0 unspecified atom stereocenters. The van der Waals surface area contributed by atoms with Crippen LogP contribution < -0.4 is 0 Å². The standard InChI is InChI=1S/C11H21NO3S2/c1-12(15-8-7-13)11(14)5-3-2-4-10-6-9-16-17-10/h10,13H,2-9H2,1H3/t10-/m1/s1. The molecule has 100 valence electrons. The minimum atomic E-state index is -0.0613. The third kappa shape index (κ3) is 6.55. The van der Waals surface area contributed by atoms with Gasteiger partial charge < -0.3 is 5.11 Å². The second kappa shape index (κ2) is 9.08. The Balaban J connectivity index is 1.98. The number of hydrogen-bond acceptors (Lipinski definition) is 5. The summed E-state index contributed by atoms with van der Waals surface area (Å²) in [4.78, 5) is 16.6. The molecular formula is C11H21NO3S2. The maximum atomic E-state index is 11.6. The van der Waals surface area contributed by atoms with E-state index < -0.39 is 0 Å². The number of amides is 1. The van der Waals surface area contributed by atoms with Gasteiger partial charge in [-0.15, -0.1) is 0 Å². The van der Waals surface area contributed by atoms with Gasteiger partial charge in [0.15, 0.2) is 0 Å². The van der Waals surface area contributed by atoms with Gasteiger partial charge in [0.2, 0.25) is 5.91 Å². The van der Waals surface area contributed by atoms with Crippen molar-refractivity contribution >= 4 is 27.5 Å². The molecule has 0 aromatic carbocycles. The number of hydroxylamine groups is 2. The van der Waals surface area contributed by atoms with E-state index in [2.05, 4.69) is 0 Å². The van der Waals surface area contributed by atoms with E-state index in [0.29, 0.717) is 6.42 Å². The first-order valence-corrected chi connectivity index (χ1v) is 8.41. The second-order valence-corrected chi connectivity index (χ2v) is 6.81. The van der Waals surface area contributed by atoms with Gasteiger partial charge in [-0.1, -0.05) is 28.0 Å². The van der Waals surface area contributed by atoms with E-state index in [1.165, 1.54) is 23.7 Å². The molecule has 1 amide bonds. The highest BCUT2D eigenvalue weighted by atomic mass is 33.1. The van der Waals surface area contributed by atoms with Crippen LogP contribution in [0.3, 0.4) is 0 Å². The highest BCUT2D eigenvalue weighted by Gasteiger charge is 2.16. The average Bonchev–Trinajstić information content (AvgIpc) is 2.84. The molecule has 1 rings (SSSR count). The molecule has 6 heteroatoms. The average molecular weight is 279 g/mol. The van der Waals surface area contributed by atoms with Gasteiger partial charge in [-0.2, -0.15) is 0 Å². The summed E-state index contributed by atoms with van der Waals surface area (Å²) in [5.41, 5.74) is 0. The van der Waals surface area contributed by atoms with Crippen molar-refractivity contribution in [1.82, 2.24) is 5.06 Å². The van der Waals surface area contributed by atoms with Gasteiger partial charge in [0.25, 0.3) is 0 Å². The zero-order chi connectivity index (χ0) is 12.5. The molecule has 4 nitrogen and oxygen atoms in total. The van der Waals surface area contributed by atoms with Gasteiger partial charge in [0.05, 0.1) is 13.2 Å². The van der Waals surface area contributed by atoms with E-state index >= 15 is 0 Å². The third-order valence-electron chi connectivity index (χ3n) is 2.62. The Hall–Kier alpha value is 0.0900. The van der Waals surface area contributed by atoms with Crippen molar-refractivity contribution in [2.24, 2.45) is 0 Å². The Labute approximate surface area is 111 Å².